The Morgan fingerprint density at radius 3 is 2.54 bits per heavy atom. The minimum absolute atomic E-state index is 0.0186. The number of carbonyl (C=O) groups is 1. The third kappa shape index (κ3) is 4.92. The number of hydrogen-bond donors (Lipinski definition) is 1. The van der Waals surface area contributed by atoms with Crippen molar-refractivity contribution < 1.29 is 17.4 Å². The summed E-state index contributed by atoms with van der Waals surface area (Å²) in [7, 11) is -3.99. The molecule has 1 fully saturated rings. The highest BCUT2D eigenvalue weighted by Gasteiger charge is 2.25. The van der Waals surface area contributed by atoms with Gasteiger partial charge in [-0.15, -0.1) is 5.10 Å². The third-order valence-corrected chi connectivity index (χ3v) is 6.39. The Morgan fingerprint density at radius 1 is 1.21 bits per heavy atom. The molecule has 0 aromatic heterocycles. The Morgan fingerprint density at radius 2 is 1.93 bits per heavy atom. The summed E-state index contributed by atoms with van der Waals surface area (Å²) in [5.74, 6) is 0.0594. The highest BCUT2D eigenvalue weighted by atomic mass is 35.5. The normalized spacial score (nSPS) is 18.6. The molecule has 0 aliphatic carbocycles. The van der Waals surface area contributed by atoms with Crippen molar-refractivity contribution in [3.05, 3.63) is 58.6 Å². The van der Waals surface area contributed by atoms with Crippen LogP contribution < -0.4 is 9.50 Å². The molecular formula is C18H16ClN3O4S2. The molecule has 2 aromatic rings. The predicted octanol–water partition coefficient (Wildman–Crippen LogP) is 3.36. The summed E-state index contributed by atoms with van der Waals surface area (Å²) in [4.78, 5) is 11.4. The van der Waals surface area contributed by atoms with Gasteiger partial charge in [0.1, 0.15) is 10.6 Å². The number of thioether (sulfide) groups is 1. The Bertz CT molecular complexity index is 1070. The summed E-state index contributed by atoms with van der Waals surface area (Å²) in [5.41, 5.74) is 1.47. The topological polar surface area (TPSA) is 97.2 Å². The van der Waals surface area contributed by atoms with Gasteiger partial charge >= 0.3 is 10.1 Å². The van der Waals surface area contributed by atoms with Crippen LogP contribution in [-0.4, -0.2) is 31.0 Å². The summed E-state index contributed by atoms with van der Waals surface area (Å²) in [6, 6.07) is 10.7. The van der Waals surface area contributed by atoms with Gasteiger partial charge in [-0.05, 0) is 61.4 Å². The van der Waals surface area contributed by atoms with E-state index < -0.39 is 10.1 Å². The first kappa shape index (κ1) is 20.4. The Labute approximate surface area is 172 Å². The number of halogens is 1. The van der Waals surface area contributed by atoms with Crippen LogP contribution in [0.25, 0.3) is 0 Å². The van der Waals surface area contributed by atoms with Crippen molar-refractivity contribution in [2.75, 3.05) is 0 Å². The molecule has 7 nitrogen and oxygen atoms in total. The summed E-state index contributed by atoms with van der Waals surface area (Å²) >= 11 is 7.28. The number of nitrogens with zero attached hydrogens (tertiary/aromatic N) is 2. The minimum atomic E-state index is -3.99. The molecule has 28 heavy (non-hydrogen) atoms. The number of benzene rings is 2. The predicted molar refractivity (Wildman–Crippen MR) is 111 cm³/mol. The first-order valence-corrected chi connectivity index (χ1v) is 10.8. The van der Waals surface area contributed by atoms with Crippen LogP contribution >= 0.6 is 23.4 Å². The van der Waals surface area contributed by atoms with Crippen LogP contribution in [0, 0.1) is 6.92 Å². The van der Waals surface area contributed by atoms with Crippen LogP contribution in [0.15, 0.2) is 57.6 Å². The van der Waals surface area contributed by atoms with Gasteiger partial charge in [0, 0.05) is 5.02 Å². The highest BCUT2D eigenvalue weighted by Crippen LogP contribution is 2.23. The molecule has 0 bridgehead atoms. The average Bonchev–Trinajstić information content (AvgIpc) is 2.96. The van der Waals surface area contributed by atoms with Gasteiger partial charge in [-0.1, -0.05) is 29.4 Å². The van der Waals surface area contributed by atoms with Crippen molar-refractivity contribution in [2.24, 2.45) is 10.2 Å². The number of aryl methyl sites for hydroxylation is 1. The first-order chi connectivity index (χ1) is 13.2. The van der Waals surface area contributed by atoms with Gasteiger partial charge in [0.15, 0.2) is 5.17 Å². The molecule has 2 aromatic carbocycles. The van der Waals surface area contributed by atoms with Crippen LogP contribution in [0.1, 0.15) is 18.1 Å². The molecule has 146 valence electrons. The lowest BCUT2D eigenvalue weighted by Crippen LogP contribution is -2.23. The zero-order valence-corrected chi connectivity index (χ0v) is 17.3. The second-order valence-corrected chi connectivity index (χ2v) is 9.20. The van der Waals surface area contributed by atoms with E-state index in [4.69, 9.17) is 15.8 Å². The first-order valence-electron chi connectivity index (χ1n) is 8.14. The van der Waals surface area contributed by atoms with Crippen LogP contribution in [0.5, 0.6) is 5.75 Å². The smallest absolute Gasteiger partial charge is 0.339 e. The maximum absolute atomic E-state index is 12.4. The molecule has 1 amide bonds. The van der Waals surface area contributed by atoms with Crippen molar-refractivity contribution >= 4 is 50.8 Å². The number of hydrogen-bond acceptors (Lipinski definition) is 7. The maximum atomic E-state index is 12.4. The van der Waals surface area contributed by atoms with Crippen molar-refractivity contribution in [3.63, 3.8) is 0 Å². The SMILES string of the molecule is Cc1ccc(S(=O)(=O)Oc2ccc(/C=N\N=C3\NC(=O)[C@H](C)S3)cc2)cc1Cl. The molecular weight excluding hydrogens is 422 g/mol. The van der Waals surface area contributed by atoms with Crippen molar-refractivity contribution in [1.29, 1.82) is 0 Å². The maximum Gasteiger partial charge on any atom is 0.339 e. The molecule has 10 heteroatoms. The molecule has 1 heterocycles. The fraction of sp³-hybridized carbons (Fsp3) is 0.167. The number of amides is 1. The monoisotopic (exact) mass is 437 g/mol. The average molecular weight is 438 g/mol. The summed E-state index contributed by atoms with van der Waals surface area (Å²) in [6.07, 6.45) is 1.49. The van der Waals surface area contributed by atoms with Gasteiger partial charge in [0.25, 0.3) is 0 Å². The van der Waals surface area contributed by atoms with E-state index in [9.17, 15) is 13.2 Å². The molecule has 1 aliphatic heterocycles. The number of rotatable bonds is 5. The number of carbonyl (C=O) groups excluding carboxylic acids is 1. The van der Waals surface area contributed by atoms with E-state index in [-0.39, 0.29) is 21.8 Å². The molecule has 1 N–H and O–H groups in total. The van der Waals surface area contributed by atoms with Crippen molar-refractivity contribution in [2.45, 2.75) is 24.0 Å². The molecule has 1 atom stereocenters. The van der Waals surface area contributed by atoms with E-state index in [0.717, 1.165) is 5.56 Å². The van der Waals surface area contributed by atoms with Gasteiger partial charge in [0.2, 0.25) is 5.91 Å². The fourth-order valence-corrected chi connectivity index (χ4v) is 4.12. The zero-order valence-electron chi connectivity index (χ0n) is 14.9. The molecule has 0 unspecified atom stereocenters. The number of amidine groups is 1. The number of nitrogens with one attached hydrogen (secondary N) is 1. The van der Waals surface area contributed by atoms with Gasteiger partial charge in [-0.3, -0.25) is 4.79 Å². The second-order valence-electron chi connectivity index (χ2n) is 5.92. The van der Waals surface area contributed by atoms with Gasteiger partial charge in [-0.25, -0.2) is 0 Å². The Balaban J connectivity index is 1.67. The Kier molecular flexibility index (Phi) is 6.07. The molecule has 3 rings (SSSR count). The molecule has 1 aliphatic rings. The van der Waals surface area contributed by atoms with E-state index in [1.165, 1.54) is 42.2 Å². The zero-order chi connectivity index (χ0) is 20.3. The van der Waals surface area contributed by atoms with Crippen molar-refractivity contribution in [3.8, 4) is 5.75 Å². The van der Waals surface area contributed by atoms with Gasteiger partial charge in [-0.2, -0.15) is 13.5 Å². The summed E-state index contributed by atoms with van der Waals surface area (Å²) in [5, 5.41) is 11.1. The third-order valence-electron chi connectivity index (χ3n) is 3.76. The van der Waals surface area contributed by atoms with Gasteiger partial charge < -0.3 is 9.50 Å². The summed E-state index contributed by atoms with van der Waals surface area (Å²) < 4.78 is 29.9. The Hall–Kier alpha value is -2.36. The van der Waals surface area contributed by atoms with E-state index in [0.29, 0.717) is 15.8 Å². The lowest BCUT2D eigenvalue weighted by atomic mass is 10.2. The quantitative estimate of drug-likeness (QED) is 0.439. The summed E-state index contributed by atoms with van der Waals surface area (Å²) in [6.45, 7) is 3.56. The van der Waals surface area contributed by atoms with Crippen LogP contribution in [0.4, 0.5) is 0 Å². The molecule has 0 saturated carbocycles. The van der Waals surface area contributed by atoms with E-state index in [2.05, 4.69) is 15.5 Å². The standard InChI is InChI=1S/C18H16ClN3O4S2/c1-11-3-8-15(9-16(11)19)28(24,25)26-14-6-4-13(5-7-14)10-20-22-18-21-17(23)12(2)27-18/h3-10,12H,1-2H3,(H,21,22,23)/b20-10-/t12-/m0/s1. The molecule has 0 radical (unpaired) electrons. The van der Waals surface area contributed by atoms with Crippen LogP contribution in [0.3, 0.4) is 0 Å². The second kappa shape index (κ2) is 8.34. The van der Waals surface area contributed by atoms with Crippen LogP contribution in [-0.2, 0) is 14.9 Å². The van der Waals surface area contributed by atoms with Crippen LogP contribution in [0.2, 0.25) is 5.02 Å². The largest absolute Gasteiger partial charge is 0.379 e. The lowest BCUT2D eigenvalue weighted by Gasteiger charge is -2.08. The van der Waals surface area contributed by atoms with Crippen molar-refractivity contribution in [1.82, 2.24) is 5.32 Å². The van der Waals surface area contributed by atoms with E-state index in [1.807, 2.05) is 0 Å². The van der Waals surface area contributed by atoms with Gasteiger partial charge in [0.05, 0.1) is 11.5 Å². The van der Waals surface area contributed by atoms with E-state index in [1.54, 1.807) is 32.0 Å². The lowest BCUT2D eigenvalue weighted by molar-refractivity contribution is -0.118. The molecule has 0 spiro atoms. The van der Waals surface area contributed by atoms with E-state index >= 15 is 0 Å². The highest BCUT2D eigenvalue weighted by molar-refractivity contribution is 8.15. The fourth-order valence-electron chi connectivity index (χ4n) is 2.17. The molecule has 1 saturated heterocycles. The minimum Gasteiger partial charge on any atom is -0.379 e.